The summed E-state index contributed by atoms with van der Waals surface area (Å²) in [6.07, 6.45) is 0.854. The number of carbonyl (C=O) groups is 2. The normalized spacial score (nSPS) is 10.6. The molecule has 1 heterocycles. The third kappa shape index (κ3) is 4.88. The van der Waals surface area contributed by atoms with Crippen LogP contribution in [-0.4, -0.2) is 28.0 Å². The molecule has 0 unspecified atom stereocenters. The Morgan fingerprint density at radius 3 is 2.64 bits per heavy atom. The highest BCUT2D eigenvalue weighted by Gasteiger charge is 2.13. The molecule has 0 aliphatic carbocycles. The molecule has 3 rings (SSSR count). The lowest BCUT2D eigenvalue weighted by atomic mass is 10.2. The Balaban J connectivity index is 1.47. The van der Waals surface area contributed by atoms with Crippen molar-refractivity contribution in [2.24, 2.45) is 0 Å². The first-order valence-corrected chi connectivity index (χ1v) is 9.28. The Morgan fingerprint density at radius 2 is 1.86 bits per heavy atom. The van der Waals surface area contributed by atoms with Crippen LogP contribution in [0.3, 0.4) is 0 Å². The second-order valence-electron chi connectivity index (χ2n) is 6.47. The van der Waals surface area contributed by atoms with Gasteiger partial charge in [0.25, 0.3) is 5.91 Å². The number of rotatable bonds is 7. The van der Waals surface area contributed by atoms with Crippen molar-refractivity contribution in [2.75, 3.05) is 6.61 Å². The number of amides is 2. The van der Waals surface area contributed by atoms with Crippen LogP contribution in [0.4, 0.5) is 0 Å². The van der Waals surface area contributed by atoms with Gasteiger partial charge in [0.15, 0.2) is 0 Å². The number of benzene rings is 2. The molecule has 7 heteroatoms. The van der Waals surface area contributed by atoms with Gasteiger partial charge in [0.05, 0.1) is 24.1 Å². The molecular weight excluding hydrogens is 356 g/mol. The molecule has 0 aliphatic heterocycles. The average molecular weight is 380 g/mol. The first-order chi connectivity index (χ1) is 13.6. The number of hydrogen-bond donors (Lipinski definition) is 2. The summed E-state index contributed by atoms with van der Waals surface area (Å²) in [5.41, 5.74) is 7.72. The maximum atomic E-state index is 12.3. The van der Waals surface area contributed by atoms with E-state index in [1.807, 2.05) is 66.9 Å². The molecule has 28 heavy (non-hydrogen) atoms. The number of nitrogens with zero attached hydrogens (tertiary/aromatic N) is 2. The fourth-order valence-electron chi connectivity index (χ4n) is 2.92. The number of carbonyl (C=O) groups excluding carboxylic acids is 2. The maximum Gasteiger partial charge on any atom is 0.258 e. The Morgan fingerprint density at radius 1 is 1.07 bits per heavy atom. The van der Waals surface area contributed by atoms with Crippen molar-refractivity contribution in [3.8, 4) is 5.75 Å². The van der Waals surface area contributed by atoms with E-state index in [2.05, 4.69) is 15.8 Å². The van der Waals surface area contributed by atoms with Gasteiger partial charge in [0, 0.05) is 6.42 Å². The van der Waals surface area contributed by atoms with Crippen molar-refractivity contribution in [1.29, 1.82) is 0 Å². The van der Waals surface area contributed by atoms with Gasteiger partial charge in [-0.05, 0) is 36.8 Å². The number of fused-ring (bicyclic) bond motifs is 1. The van der Waals surface area contributed by atoms with E-state index in [1.165, 1.54) is 0 Å². The summed E-state index contributed by atoms with van der Waals surface area (Å²) in [6, 6.07) is 15.3. The predicted octanol–water partition coefficient (Wildman–Crippen LogP) is 2.52. The smallest absolute Gasteiger partial charge is 0.258 e. The molecule has 1 aromatic heterocycles. The summed E-state index contributed by atoms with van der Waals surface area (Å²) in [5.74, 6) is 0.920. The number of ether oxygens (including phenoxy) is 1. The third-order valence-corrected chi connectivity index (χ3v) is 4.28. The van der Waals surface area contributed by atoms with Gasteiger partial charge in [0.1, 0.15) is 18.1 Å². The van der Waals surface area contributed by atoms with Gasteiger partial charge in [0.2, 0.25) is 5.91 Å². The van der Waals surface area contributed by atoms with Gasteiger partial charge in [-0.15, -0.1) is 0 Å². The van der Waals surface area contributed by atoms with E-state index in [-0.39, 0.29) is 31.4 Å². The zero-order valence-electron chi connectivity index (χ0n) is 16.1. The molecule has 0 bridgehead atoms. The number of imidazole rings is 1. The van der Waals surface area contributed by atoms with E-state index < -0.39 is 0 Å². The summed E-state index contributed by atoms with van der Waals surface area (Å²) in [4.78, 5) is 28.7. The number of nitrogens with one attached hydrogen (secondary N) is 2. The molecule has 0 atom stereocenters. The summed E-state index contributed by atoms with van der Waals surface area (Å²) in [5, 5.41) is 0. The van der Waals surface area contributed by atoms with Crippen LogP contribution in [0.5, 0.6) is 5.75 Å². The number of para-hydroxylation sites is 2. The predicted molar refractivity (Wildman–Crippen MR) is 107 cm³/mol. The Bertz CT molecular complexity index is 981. The first-order valence-electron chi connectivity index (χ1n) is 9.28. The quantitative estimate of drug-likeness (QED) is 0.617. The molecule has 7 nitrogen and oxygen atoms in total. The maximum absolute atomic E-state index is 12.3. The second kappa shape index (κ2) is 9.03. The van der Waals surface area contributed by atoms with Crippen molar-refractivity contribution in [3.63, 3.8) is 0 Å². The third-order valence-electron chi connectivity index (χ3n) is 4.28. The van der Waals surface area contributed by atoms with Crippen molar-refractivity contribution in [1.82, 2.24) is 20.4 Å². The monoisotopic (exact) mass is 380 g/mol. The molecule has 2 N–H and O–H groups in total. The van der Waals surface area contributed by atoms with Crippen LogP contribution in [0.2, 0.25) is 0 Å². The Kier molecular flexibility index (Phi) is 6.26. The molecule has 0 saturated heterocycles. The minimum absolute atomic E-state index is 0.0871. The highest BCUT2D eigenvalue weighted by molar-refractivity contribution is 5.83. The lowest BCUT2D eigenvalue weighted by Gasteiger charge is -2.11. The van der Waals surface area contributed by atoms with Crippen molar-refractivity contribution < 1.29 is 14.3 Å². The zero-order chi connectivity index (χ0) is 19.9. The standard InChI is InChI=1S/C21H24N4O3/c1-3-19-22-17-9-4-5-10-18(17)25(19)14-21(27)24-23-20(26)11-12-28-16-8-6-7-15(2)13-16/h4-10,13H,3,11-12,14H2,1-2H3,(H,23,26)(H,24,27). The lowest BCUT2D eigenvalue weighted by molar-refractivity contribution is -0.129. The van der Waals surface area contributed by atoms with Gasteiger partial charge < -0.3 is 9.30 Å². The number of hydrogen-bond acceptors (Lipinski definition) is 4. The largest absolute Gasteiger partial charge is 0.493 e. The summed E-state index contributed by atoms with van der Waals surface area (Å²) in [7, 11) is 0. The van der Waals surface area contributed by atoms with Crippen LogP contribution in [0.25, 0.3) is 11.0 Å². The number of aryl methyl sites for hydroxylation is 2. The van der Waals surface area contributed by atoms with Gasteiger partial charge in [-0.2, -0.15) is 0 Å². The number of hydrazine groups is 1. The van der Waals surface area contributed by atoms with E-state index in [0.717, 1.165) is 28.2 Å². The van der Waals surface area contributed by atoms with Crippen molar-refractivity contribution in [3.05, 3.63) is 59.9 Å². The molecule has 0 spiro atoms. The minimum Gasteiger partial charge on any atom is -0.493 e. The van der Waals surface area contributed by atoms with Gasteiger partial charge >= 0.3 is 0 Å². The molecule has 0 saturated carbocycles. The summed E-state index contributed by atoms with van der Waals surface area (Å²) < 4.78 is 7.40. The van der Waals surface area contributed by atoms with Crippen LogP contribution in [0.1, 0.15) is 24.7 Å². The summed E-state index contributed by atoms with van der Waals surface area (Å²) >= 11 is 0. The van der Waals surface area contributed by atoms with Gasteiger partial charge in [-0.25, -0.2) is 4.98 Å². The minimum atomic E-state index is -0.314. The lowest BCUT2D eigenvalue weighted by Crippen LogP contribution is -2.43. The average Bonchev–Trinajstić information content (AvgIpc) is 3.04. The second-order valence-corrected chi connectivity index (χ2v) is 6.47. The first kappa shape index (κ1) is 19.4. The molecular formula is C21H24N4O3. The molecule has 3 aromatic rings. The van der Waals surface area contributed by atoms with E-state index in [4.69, 9.17) is 4.74 Å². The SMILES string of the molecule is CCc1nc2ccccc2n1CC(=O)NNC(=O)CCOc1cccc(C)c1. The van der Waals surface area contributed by atoms with E-state index >= 15 is 0 Å². The molecule has 2 aromatic carbocycles. The van der Waals surface area contributed by atoms with Crippen LogP contribution >= 0.6 is 0 Å². The molecule has 2 amide bonds. The van der Waals surface area contributed by atoms with Crippen LogP contribution in [0, 0.1) is 6.92 Å². The van der Waals surface area contributed by atoms with Gasteiger partial charge in [-0.3, -0.25) is 20.4 Å². The van der Waals surface area contributed by atoms with Crippen LogP contribution < -0.4 is 15.6 Å². The topological polar surface area (TPSA) is 85.3 Å². The van der Waals surface area contributed by atoms with E-state index in [0.29, 0.717) is 6.42 Å². The molecule has 0 fully saturated rings. The highest BCUT2D eigenvalue weighted by atomic mass is 16.5. The van der Waals surface area contributed by atoms with Crippen molar-refractivity contribution in [2.45, 2.75) is 33.2 Å². The van der Waals surface area contributed by atoms with E-state index in [1.54, 1.807) is 0 Å². The molecule has 146 valence electrons. The number of aromatic nitrogens is 2. The van der Waals surface area contributed by atoms with Crippen LogP contribution in [0.15, 0.2) is 48.5 Å². The Labute approximate surface area is 163 Å². The fourth-order valence-corrected chi connectivity index (χ4v) is 2.92. The van der Waals surface area contributed by atoms with Crippen LogP contribution in [-0.2, 0) is 22.6 Å². The molecule has 0 radical (unpaired) electrons. The van der Waals surface area contributed by atoms with Gasteiger partial charge in [-0.1, -0.05) is 31.2 Å². The molecule has 0 aliphatic rings. The van der Waals surface area contributed by atoms with Crippen molar-refractivity contribution >= 4 is 22.8 Å². The Hall–Kier alpha value is -3.35. The summed E-state index contributed by atoms with van der Waals surface area (Å²) in [6.45, 7) is 4.29. The fraction of sp³-hybridized carbons (Fsp3) is 0.286. The highest BCUT2D eigenvalue weighted by Crippen LogP contribution is 2.16. The zero-order valence-corrected chi connectivity index (χ0v) is 16.1. The van der Waals surface area contributed by atoms with E-state index in [9.17, 15) is 9.59 Å².